The SMILES string of the molecule is FC(F)(F)c1ccc(Cl)nn1.[I-].[Na+]. The van der Waals surface area contributed by atoms with E-state index < -0.39 is 11.9 Å². The first-order chi connectivity index (χ1) is 5.00. The van der Waals surface area contributed by atoms with Gasteiger partial charge in [-0.1, -0.05) is 11.6 Å². The molecule has 0 saturated carbocycles. The molecule has 1 aromatic heterocycles. The van der Waals surface area contributed by atoms with Gasteiger partial charge in [-0.25, -0.2) is 0 Å². The van der Waals surface area contributed by atoms with Crippen molar-refractivity contribution in [1.82, 2.24) is 10.2 Å². The molecule has 0 aromatic carbocycles. The molecule has 0 aliphatic heterocycles. The molecule has 13 heavy (non-hydrogen) atoms. The predicted octanol–water partition coefficient (Wildman–Crippen LogP) is -3.84. The molecule has 2 nitrogen and oxygen atoms in total. The summed E-state index contributed by atoms with van der Waals surface area (Å²) in [5.74, 6) is 0. The van der Waals surface area contributed by atoms with Crippen molar-refractivity contribution in [3.63, 3.8) is 0 Å². The van der Waals surface area contributed by atoms with Crippen LogP contribution in [0, 0.1) is 0 Å². The molecule has 0 aliphatic carbocycles. The summed E-state index contributed by atoms with van der Waals surface area (Å²) in [6, 6.07) is 1.81. The number of nitrogens with zero attached hydrogens (tertiary/aromatic N) is 2. The van der Waals surface area contributed by atoms with Crippen LogP contribution in [0.25, 0.3) is 0 Å². The molecule has 0 unspecified atom stereocenters. The van der Waals surface area contributed by atoms with Crippen LogP contribution in [0.5, 0.6) is 0 Å². The van der Waals surface area contributed by atoms with Gasteiger partial charge in [-0.3, -0.25) is 0 Å². The Kier molecular flexibility index (Phi) is 8.02. The molecule has 1 heterocycles. The minimum Gasteiger partial charge on any atom is -1.00 e. The third-order valence-electron chi connectivity index (χ3n) is 0.922. The van der Waals surface area contributed by atoms with E-state index in [0.717, 1.165) is 12.1 Å². The molecule has 0 fully saturated rings. The molecule has 8 heteroatoms. The van der Waals surface area contributed by atoms with E-state index in [2.05, 4.69) is 10.2 Å². The Bertz CT molecular complexity index is 253. The Morgan fingerprint density at radius 2 is 1.69 bits per heavy atom. The van der Waals surface area contributed by atoms with E-state index in [1.54, 1.807) is 0 Å². The van der Waals surface area contributed by atoms with E-state index in [9.17, 15) is 13.2 Å². The van der Waals surface area contributed by atoms with Gasteiger partial charge in [0.1, 0.15) is 0 Å². The second-order valence-electron chi connectivity index (χ2n) is 1.74. The zero-order valence-electron chi connectivity index (χ0n) is 6.44. The first-order valence-electron chi connectivity index (χ1n) is 2.56. The molecule has 0 N–H and O–H groups in total. The number of halogens is 5. The molecule has 0 bridgehead atoms. The summed E-state index contributed by atoms with van der Waals surface area (Å²) in [4.78, 5) is 0. The average Bonchev–Trinajstić information content (AvgIpc) is 1.86. The van der Waals surface area contributed by atoms with Crippen LogP contribution in [0.15, 0.2) is 12.1 Å². The van der Waals surface area contributed by atoms with E-state index in [0.29, 0.717) is 0 Å². The van der Waals surface area contributed by atoms with Crippen molar-refractivity contribution in [2.45, 2.75) is 6.18 Å². The van der Waals surface area contributed by atoms with Crippen molar-refractivity contribution in [3.05, 3.63) is 23.0 Å². The Labute approximate surface area is 117 Å². The fourth-order valence-corrected chi connectivity index (χ4v) is 0.568. The molecule has 0 atom stereocenters. The zero-order chi connectivity index (χ0) is 8.48. The number of hydrogen-bond acceptors (Lipinski definition) is 2. The summed E-state index contributed by atoms with van der Waals surface area (Å²) < 4.78 is 35.3. The Morgan fingerprint density at radius 3 is 2.00 bits per heavy atom. The third kappa shape index (κ3) is 5.36. The van der Waals surface area contributed by atoms with E-state index in [4.69, 9.17) is 11.6 Å². The van der Waals surface area contributed by atoms with Gasteiger partial charge in [0.2, 0.25) is 0 Å². The molecular weight excluding hydrogens is 330 g/mol. The monoisotopic (exact) mass is 332 g/mol. The molecule has 0 amide bonds. The second-order valence-corrected chi connectivity index (χ2v) is 2.13. The Hall–Kier alpha value is 0.890. The van der Waals surface area contributed by atoms with Gasteiger partial charge in [0, 0.05) is 0 Å². The van der Waals surface area contributed by atoms with Crippen molar-refractivity contribution < 1.29 is 66.7 Å². The van der Waals surface area contributed by atoms with Gasteiger partial charge >= 0.3 is 35.7 Å². The maximum absolute atomic E-state index is 11.8. The van der Waals surface area contributed by atoms with Crippen molar-refractivity contribution in [2.24, 2.45) is 0 Å². The smallest absolute Gasteiger partial charge is 1.00 e. The van der Waals surface area contributed by atoms with Crippen LogP contribution < -0.4 is 53.5 Å². The normalized spacial score (nSPS) is 9.85. The molecule has 0 spiro atoms. The van der Waals surface area contributed by atoms with E-state index in [1.165, 1.54) is 0 Å². The average molecular weight is 332 g/mol. The number of hydrogen-bond donors (Lipinski definition) is 0. The molecule has 1 rings (SSSR count). The molecular formula is C5H2ClF3IN2Na. The fraction of sp³-hybridized carbons (Fsp3) is 0.200. The first-order valence-corrected chi connectivity index (χ1v) is 2.94. The zero-order valence-corrected chi connectivity index (χ0v) is 11.4. The predicted molar refractivity (Wildman–Crippen MR) is 32.0 cm³/mol. The molecule has 0 radical (unpaired) electrons. The molecule has 1 aromatic rings. The first kappa shape index (κ1) is 16.3. The Balaban J connectivity index is 0. The van der Waals surface area contributed by atoms with E-state index in [-0.39, 0.29) is 58.7 Å². The van der Waals surface area contributed by atoms with Crippen molar-refractivity contribution in [1.29, 1.82) is 0 Å². The molecule has 68 valence electrons. The summed E-state index contributed by atoms with van der Waals surface area (Å²) in [5, 5.41) is 5.83. The van der Waals surface area contributed by atoms with Crippen molar-refractivity contribution >= 4 is 11.6 Å². The second kappa shape index (κ2) is 6.39. The van der Waals surface area contributed by atoms with Crippen LogP contribution in [0.4, 0.5) is 13.2 Å². The van der Waals surface area contributed by atoms with Gasteiger partial charge in [0.05, 0.1) is 0 Å². The summed E-state index contributed by atoms with van der Waals surface area (Å²) in [6.07, 6.45) is -4.45. The van der Waals surface area contributed by atoms with E-state index in [1.807, 2.05) is 0 Å². The van der Waals surface area contributed by atoms with Gasteiger partial charge in [-0.2, -0.15) is 13.2 Å². The Morgan fingerprint density at radius 1 is 1.15 bits per heavy atom. The van der Waals surface area contributed by atoms with Crippen LogP contribution in [0.3, 0.4) is 0 Å². The quantitative estimate of drug-likeness (QED) is 0.359. The number of alkyl halides is 3. The van der Waals surface area contributed by atoms with Gasteiger partial charge in [-0.05, 0) is 12.1 Å². The van der Waals surface area contributed by atoms with Crippen LogP contribution in [0.1, 0.15) is 5.69 Å². The minimum absolute atomic E-state index is 0. The summed E-state index contributed by atoms with van der Waals surface area (Å²) in [5.41, 5.74) is -1.04. The topological polar surface area (TPSA) is 25.8 Å². The van der Waals surface area contributed by atoms with Crippen LogP contribution in [0.2, 0.25) is 5.15 Å². The van der Waals surface area contributed by atoms with Crippen LogP contribution in [-0.2, 0) is 6.18 Å². The van der Waals surface area contributed by atoms with Gasteiger partial charge in [0.25, 0.3) is 0 Å². The standard InChI is InChI=1S/C5H2ClF3N2.HI.Na/c6-4-2-1-3(10-11-4)5(7,8)9;;/h1-2H;1H;/q;;+1/p-1. The van der Waals surface area contributed by atoms with Gasteiger partial charge < -0.3 is 24.0 Å². The molecule has 0 aliphatic rings. The van der Waals surface area contributed by atoms with Crippen LogP contribution >= 0.6 is 11.6 Å². The largest absolute Gasteiger partial charge is 1.00 e. The van der Waals surface area contributed by atoms with Crippen LogP contribution in [-0.4, -0.2) is 10.2 Å². The fourth-order valence-electron chi connectivity index (χ4n) is 0.467. The maximum Gasteiger partial charge on any atom is 1.00 e. The summed E-state index contributed by atoms with van der Waals surface area (Å²) in [6.45, 7) is 0. The van der Waals surface area contributed by atoms with Crippen molar-refractivity contribution in [3.8, 4) is 0 Å². The molecule has 0 saturated heterocycles. The minimum atomic E-state index is -4.45. The van der Waals surface area contributed by atoms with Gasteiger partial charge in [-0.15, -0.1) is 10.2 Å². The third-order valence-corrected chi connectivity index (χ3v) is 1.12. The van der Waals surface area contributed by atoms with Crippen molar-refractivity contribution in [2.75, 3.05) is 0 Å². The number of rotatable bonds is 0. The van der Waals surface area contributed by atoms with E-state index >= 15 is 0 Å². The summed E-state index contributed by atoms with van der Waals surface area (Å²) >= 11 is 5.22. The number of aromatic nitrogens is 2. The van der Waals surface area contributed by atoms with Gasteiger partial charge in [0.15, 0.2) is 10.8 Å². The maximum atomic E-state index is 11.8. The summed E-state index contributed by atoms with van der Waals surface area (Å²) in [7, 11) is 0.